The standard InChI is InChI=1S/C28H19N5O8S.2H3N/c29-17-6-5-14-12-24(42(39,40)41)25(26(34)21(14)13-17)33-32-23-8-7-22(19-3-1-2-4-20(19)23)31-30-18-10-15(27(35)36)9-16(11-18)28(37)38;;/h1-13,34H,29H2,(H,35,36)(H,37,38)(H,39,40,41);2*1H3. The van der Waals surface area contributed by atoms with E-state index in [9.17, 15) is 37.9 Å². The summed E-state index contributed by atoms with van der Waals surface area (Å²) in [5, 5.41) is 47.3. The molecule has 16 heteroatoms. The molecule has 0 saturated carbocycles. The highest BCUT2D eigenvalue weighted by Gasteiger charge is 2.22. The molecule has 0 radical (unpaired) electrons. The number of aromatic carboxylic acids is 2. The minimum atomic E-state index is -4.81. The highest BCUT2D eigenvalue weighted by Crippen LogP contribution is 2.43. The Balaban J connectivity index is 0.00000264. The topological polar surface area (TPSA) is 295 Å². The van der Waals surface area contributed by atoms with Gasteiger partial charge in [-0.25, -0.2) is 9.59 Å². The zero-order valence-electron chi connectivity index (χ0n) is 22.6. The molecule has 0 atom stereocenters. The van der Waals surface area contributed by atoms with E-state index in [1.807, 2.05) is 0 Å². The van der Waals surface area contributed by atoms with Crippen molar-refractivity contribution < 1.29 is 37.9 Å². The molecule has 0 amide bonds. The number of azo groups is 2. The van der Waals surface area contributed by atoms with Crippen molar-refractivity contribution in [2.24, 2.45) is 20.5 Å². The number of carboxylic acid groups (broad SMARTS) is 2. The minimum Gasteiger partial charge on any atom is -0.505 e. The molecule has 0 heterocycles. The van der Waals surface area contributed by atoms with Crippen LogP contribution < -0.4 is 18.0 Å². The number of hydrogen-bond acceptors (Lipinski definition) is 12. The van der Waals surface area contributed by atoms with Crippen molar-refractivity contribution in [1.82, 2.24) is 12.3 Å². The Morgan fingerprint density at radius 3 is 1.75 bits per heavy atom. The van der Waals surface area contributed by atoms with E-state index in [1.54, 1.807) is 24.3 Å². The van der Waals surface area contributed by atoms with E-state index in [1.165, 1.54) is 42.5 Å². The molecule has 5 aromatic carbocycles. The number of carbonyl (C=O) groups is 2. The van der Waals surface area contributed by atoms with Gasteiger partial charge >= 0.3 is 11.9 Å². The van der Waals surface area contributed by atoms with Crippen LogP contribution in [0.4, 0.5) is 28.4 Å². The zero-order valence-corrected chi connectivity index (χ0v) is 23.4. The minimum absolute atomic E-state index is 0. The van der Waals surface area contributed by atoms with Gasteiger partial charge < -0.3 is 33.4 Å². The van der Waals surface area contributed by atoms with Gasteiger partial charge in [0.25, 0.3) is 10.1 Å². The normalized spacial score (nSPS) is 11.5. The quantitative estimate of drug-likeness (QED) is 0.0548. The third-order valence-electron chi connectivity index (χ3n) is 6.18. The van der Waals surface area contributed by atoms with Crippen molar-refractivity contribution in [3.05, 3.63) is 90.0 Å². The Labute approximate surface area is 248 Å². The van der Waals surface area contributed by atoms with Gasteiger partial charge in [0, 0.05) is 21.8 Å². The molecule has 0 bridgehead atoms. The predicted octanol–water partition coefficient (Wildman–Crippen LogP) is 7.08. The summed E-state index contributed by atoms with van der Waals surface area (Å²) in [7, 11) is -4.81. The first-order valence-corrected chi connectivity index (χ1v) is 13.4. The number of rotatable bonds is 7. The van der Waals surface area contributed by atoms with Gasteiger partial charge in [0.05, 0.1) is 28.2 Å². The Kier molecular flexibility index (Phi) is 9.36. The fraction of sp³-hybridized carbons (Fsp3) is 0. The van der Waals surface area contributed by atoms with Crippen LogP contribution in [0.1, 0.15) is 20.7 Å². The summed E-state index contributed by atoms with van der Waals surface area (Å²) in [5.74, 6) is -3.20. The average molecular weight is 620 g/mol. The number of benzene rings is 5. The molecule has 0 fully saturated rings. The van der Waals surface area contributed by atoms with Crippen LogP contribution in [0, 0.1) is 0 Å². The number of fused-ring (bicyclic) bond motifs is 2. The number of carboxylic acids is 2. The lowest BCUT2D eigenvalue weighted by Crippen LogP contribution is -2.01. The molecule has 12 N–H and O–H groups in total. The maximum absolute atomic E-state index is 12.1. The second-order valence-corrected chi connectivity index (χ2v) is 10.3. The number of nitrogens with two attached hydrogens (primary N) is 1. The molecule has 0 spiro atoms. The lowest BCUT2D eigenvalue weighted by molar-refractivity contribution is 0.0696. The Morgan fingerprint density at radius 2 is 1.23 bits per heavy atom. The molecule has 0 unspecified atom stereocenters. The summed E-state index contributed by atoms with van der Waals surface area (Å²) >= 11 is 0. The van der Waals surface area contributed by atoms with Crippen LogP contribution in [0.25, 0.3) is 21.5 Å². The number of phenolic OH excluding ortho intramolecular Hbond substituents is 1. The molecule has 44 heavy (non-hydrogen) atoms. The summed E-state index contributed by atoms with van der Waals surface area (Å²) in [5.41, 5.74) is 5.67. The number of phenols is 1. The van der Waals surface area contributed by atoms with Gasteiger partial charge in [-0.1, -0.05) is 30.3 Å². The fourth-order valence-electron chi connectivity index (χ4n) is 4.22. The van der Waals surface area contributed by atoms with Crippen molar-refractivity contribution in [3.63, 3.8) is 0 Å². The highest BCUT2D eigenvalue weighted by atomic mass is 32.2. The van der Waals surface area contributed by atoms with Crippen LogP contribution in [-0.4, -0.2) is 40.2 Å². The monoisotopic (exact) mass is 619 g/mol. The maximum Gasteiger partial charge on any atom is 0.335 e. The SMILES string of the molecule is N.N.Nc1ccc2cc(S(=O)(=O)O)c(N=Nc3ccc(N=Nc4cc(C(=O)O)cc(C(=O)O)c4)c4ccccc34)c(O)c2c1. The van der Waals surface area contributed by atoms with Gasteiger partial charge in [-0.15, -0.1) is 15.3 Å². The first kappa shape index (κ1) is 32.7. The lowest BCUT2D eigenvalue weighted by atomic mass is 10.1. The molecule has 0 aromatic heterocycles. The average Bonchev–Trinajstić information content (AvgIpc) is 2.95. The van der Waals surface area contributed by atoms with Gasteiger partial charge in [0.15, 0.2) is 5.75 Å². The highest BCUT2D eigenvalue weighted by molar-refractivity contribution is 7.86. The molecule has 0 saturated heterocycles. The third-order valence-corrected chi connectivity index (χ3v) is 7.04. The summed E-state index contributed by atoms with van der Waals surface area (Å²) in [6, 6.07) is 18.8. The smallest absolute Gasteiger partial charge is 0.335 e. The number of hydrogen-bond donors (Lipinski definition) is 7. The molecule has 0 aliphatic rings. The van der Waals surface area contributed by atoms with Crippen LogP contribution >= 0.6 is 0 Å². The molecule has 5 rings (SSSR count). The molecular weight excluding hydrogens is 594 g/mol. The molecule has 5 aromatic rings. The van der Waals surface area contributed by atoms with Crippen molar-refractivity contribution in [2.75, 3.05) is 5.73 Å². The van der Waals surface area contributed by atoms with Gasteiger partial charge in [-0.3, -0.25) is 4.55 Å². The lowest BCUT2D eigenvalue weighted by Gasteiger charge is -2.09. The van der Waals surface area contributed by atoms with Crippen LogP contribution in [-0.2, 0) is 10.1 Å². The van der Waals surface area contributed by atoms with Gasteiger partial charge in [-0.2, -0.15) is 13.5 Å². The zero-order chi connectivity index (χ0) is 30.2. The van der Waals surface area contributed by atoms with Crippen molar-refractivity contribution >= 4 is 72.0 Å². The van der Waals surface area contributed by atoms with Crippen LogP contribution in [0.2, 0.25) is 0 Å². The Bertz CT molecular complexity index is 2080. The maximum atomic E-state index is 12.1. The van der Waals surface area contributed by atoms with E-state index in [0.717, 1.165) is 12.1 Å². The largest absolute Gasteiger partial charge is 0.505 e. The van der Waals surface area contributed by atoms with E-state index >= 15 is 0 Å². The van der Waals surface area contributed by atoms with E-state index in [0.29, 0.717) is 27.5 Å². The second kappa shape index (κ2) is 12.6. The van der Waals surface area contributed by atoms with Gasteiger partial charge in [0.1, 0.15) is 10.6 Å². The van der Waals surface area contributed by atoms with E-state index < -0.39 is 38.4 Å². The fourth-order valence-corrected chi connectivity index (χ4v) is 4.88. The van der Waals surface area contributed by atoms with E-state index in [2.05, 4.69) is 20.5 Å². The molecule has 226 valence electrons. The first-order valence-electron chi connectivity index (χ1n) is 11.9. The summed E-state index contributed by atoms with van der Waals surface area (Å²) in [6.45, 7) is 0. The summed E-state index contributed by atoms with van der Waals surface area (Å²) < 4.78 is 34.0. The van der Waals surface area contributed by atoms with Crippen LogP contribution in [0.5, 0.6) is 5.75 Å². The van der Waals surface area contributed by atoms with Crippen molar-refractivity contribution in [3.8, 4) is 5.75 Å². The second-order valence-electron chi connectivity index (χ2n) is 8.96. The third kappa shape index (κ3) is 6.48. The van der Waals surface area contributed by atoms with E-state index in [-0.39, 0.29) is 40.2 Å². The van der Waals surface area contributed by atoms with Gasteiger partial charge in [-0.05, 0) is 53.9 Å². The molecule has 0 aliphatic carbocycles. The molecule has 0 aliphatic heterocycles. The Morgan fingerprint density at radius 1 is 0.682 bits per heavy atom. The van der Waals surface area contributed by atoms with E-state index in [4.69, 9.17) is 5.73 Å². The number of aromatic hydroxyl groups is 1. The number of nitrogens with zero attached hydrogens (tertiary/aromatic N) is 4. The van der Waals surface area contributed by atoms with Crippen LogP contribution in [0.15, 0.2) is 104 Å². The number of anilines is 1. The summed E-state index contributed by atoms with van der Waals surface area (Å²) in [4.78, 5) is 22.2. The van der Waals surface area contributed by atoms with Crippen LogP contribution in [0.3, 0.4) is 0 Å². The van der Waals surface area contributed by atoms with Crippen molar-refractivity contribution in [1.29, 1.82) is 0 Å². The van der Waals surface area contributed by atoms with Crippen molar-refractivity contribution in [2.45, 2.75) is 4.90 Å². The molecule has 15 nitrogen and oxygen atoms in total. The Hall–Kier alpha value is -5.81. The first-order chi connectivity index (χ1) is 19.9. The number of nitrogen functional groups attached to an aromatic ring is 1. The molecular formula is C28H25N7O8S. The summed E-state index contributed by atoms with van der Waals surface area (Å²) in [6.07, 6.45) is 0. The predicted molar refractivity (Wildman–Crippen MR) is 163 cm³/mol. The van der Waals surface area contributed by atoms with Gasteiger partial charge in [0.2, 0.25) is 0 Å².